The second-order valence-electron chi connectivity index (χ2n) is 10.4. The zero-order chi connectivity index (χ0) is 29.7. The first-order valence-electron chi connectivity index (χ1n) is 13.0. The number of allylic oxidation sites excluding steroid dienone is 1. The number of aromatic nitrogens is 5. The van der Waals surface area contributed by atoms with Crippen molar-refractivity contribution in [2.45, 2.75) is 26.2 Å². The van der Waals surface area contributed by atoms with Gasteiger partial charge in [0.1, 0.15) is 39.8 Å². The number of phenols is 2. The molecular formula is C30H23N5O7. The topological polar surface area (TPSA) is 172 Å². The Morgan fingerprint density at radius 3 is 2.43 bits per heavy atom. The number of H-pyrrole nitrogens is 2. The van der Waals surface area contributed by atoms with E-state index in [9.17, 15) is 24.6 Å². The Morgan fingerprint density at radius 2 is 1.71 bits per heavy atom. The van der Waals surface area contributed by atoms with E-state index in [1.165, 1.54) is 19.1 Å². The van der Waals surface area contributed by atoms with Gasteiger partial charge in [-0.15, -0.1) is 0 Å². The maximum absolute atomic E-state index is 14.3. The van der Waals surface area contributed by atoms with Crippen molar-refractivity contribution in [1.29, 1.82) is 0 Å². The average Bonchev–Trinajstić information content (AvgIpc) is 3.46. The first-order chi connectivity index (χ1) is 20.0. The molecule has 0 amide bonds. The van der Waals surface area contributed by atoms with Crippen LogP contribution in [-0.2, 0) is 5.41 Å². The number of benzene rings is 2. The van der Waals surface area contributed by atoms with Crippen LogP contribution in [0.5, 0.6) is 23.0 Å². The molecule has 12 heteroatoms. The second-order valence-corrected chi connectivity index (χ2v) is 10.4. The molecular weight excluding hydrogens is 542 g/mol. The lowest BCUT2D eigenvalue weighted by Crippen LogP contribution is -2.36. The number of carbonyl (C=O) groups is 1. The van der Waals surface area contributed by atoms with Crippen LogP contribution in [0.25, 0.3) is 34.1 Å². The van der Waals surface area contributed by atoms with E-state index < -0.39 is 16.7 Å². The summed E-state index contributed by atoms with van der Waals surface area (Å²) in [6.07, 6.45) is 1.71. The number of fused-ring (bicyclic) bond motifs is 5. The summed E-state index contributed by atoms with van der Waals surface area (Å²) in [4.78, 5) is 47.5. The number of rotatable bonds is 3. The first kappa shape index (κ1) is 25.3. The van der Waals surface area contributed by atoms with E-state index in [1.54, 1.807) is 43.8 Å². The zero-order valence-corrected chi connectivity index (χ0v) is 22.8. The van der Waals surface area contributed by atoms with Gasteiger partial charge in [0.25, 0.3) is 5.56 Å². The zero-order valence-electron chi connectivity index (χ0n) is 22.8. The Balaban J connectivity index is 1.46. The van der Waals surface area contributed by atoms with Crippen LogP contribution in [0, 0.1) is 13.8 Å². The summed E-state index contributed by atoms with van der Waals surface area (Å²) in [5.41, 5.74) is -0.174. The lowest BCUT2D eigenvalue weighted by Gasteiger charge is -2.27. The van der Waals surface area contributed by atoms with E-state index >= 15 is 0 Å². The van der Waals surface area contributed by atoms with E-state index in [-0.39, 0.29) is 62.2 Å². The van der Waals surface area contributed by atoms with Crippen LogP contribution in [0.2, 0.25) is 0 Å². The lowest BCUT2D eigenvalue weighted by molar-refractivity contribution is 0.0905. The molecule has 0 radical (unpaired) electrons. The molecule has 210 valence electrons. The SMILES string of the molecule is COc1ccc(-n2nc(C)c3c2C=C2Oc4c(-c5ccc6c(=O)[nH]c(=O)[nH]c6n5)c(O)c(C)c(O)c4[C@@]2(C)C3=O)cc1. The van der Waals surface area contributed by atoms with E-state index in [4.69, 9.17) is 9.47 Å². The molecule has 0 saturated carbocycles. The van der Waals surface area contributed by atoms with E-state index in [1.807, 2.05) is 12.1 Å². The number of methoxy groups -OCH3 is 1. The van der Waals surface area contributed by atoms with Gasteiger partial charge in [0.2, 0.25) is 0 Å². The van der Waals surface area contributed by atoms with Crippen LogP contribution in [-0.4, -0.2) is 47.8 Å². The third-order valence-corrected chi connectivity index (χ3v) is 8.06. The smallest absolute Gasteiger partial charge is 0.327 e. The van der Waals surface area contributed by atoms with Crippen LogP contribution in [0.4, 0.5) is 0 Å². The second kappa shape index (κ2) is 8.43. The predicted molar refractivity (Wildman–Crippen MR) is 152 cm³/mol. The highest BCUT2D eigenvalue weighted by Crippen LogP contribution is 2.60. The Morgan fingerprint density at radius 1 is 0.976 bits per heavy atom. The molecule has 4 heterocycles. The van der Waals surface area contributed by atoms with Crippen LogP contribution >= 0.6 is 0 Å². The molecule has 0 bridgehead atoms. The van der Waals surface area contributed by atoms with Crippen molar-refractivity contribution < 1.29 is 24.5 Å². The number of ketones is 1. The third kappa shape index (κ3) is 3.20. The summed E-state index contributed by atoms with van der Waals surface area (Å²) >= 11 is 0. The molecule has 5 aromatic rings. The molecule has 3 aromatic heterocycles. The Hall–Kier alpha value is -5.65. The minimum absolute atomic E-state index is 0.000317. The summed E-state index contributed by atoms with van der Waals surface area (Å²) in [5, 5.41) is 27.3. The number of aromatic hydroxyl groups is 2. The quantitative estimate of drug-likeness (QED) is 0.256. The fourth-order valence-electron chi connectivity index (χ4n) is 5.80. The molecule has 2 aliphatic rings. The van der Waals surface area contributed by atoms with Crippen molar-refractivity contribution in [3.63, 3.8) is 0 Å². The van der Waals surface area contributed by atoms with Crippen LogP contribution < -0.4 is 20.7 Å². The fourth-order valence-corrected chi connectivity index (χ4v) is 5.80. The molecule has 7 rings (SSSR count). The first-order valence-corrected chi connectivity index (χ1v) is 13.0. The van der Waals surface area contributed by atoms with Gasteiger partial charge in [-0.3, -0.25) is 19.6 Å². The minimum atomic E-state index is -1.44. The van der Waals surface area contributed by atoms with Crippen molar-refractivity contribution in [2.75, 3.05) is 7.11 Å². The van der Waals surface area contributed by atoms with Gasteiger partial charge in [-0.25, -0.2) is 14.5 Å². The van der Waals surface area contributed by atoms with Crippen molar-refractivity contribution >= 4 is 22.9 Å². The van der Waals surface area contributed by atoms with Crippen LogP contribution in [0.1, 0.15) is 39.8 Å². The van der Waals surface area contributed by atoms with Crippen molar-refractivity contribution in [3.8, 4) is 39.9 Å². The number of phenolic OH excluding ortho intramolecular Hbond substituents is 2. The Labute approximate surface area is 236 Å². The summed E-state index contributed by atoms with van der Waals surface area (Å²) in [5.74, 6) is 0.000701. The molecule has 1 aliphatic heterocycles. The molecule has 42 heavy (non-hydrogen) atoms. The number of carbonyl (C=O) groups excluding carboxylic acids is 1. The van der Waals surface area contributed by atoms with Gasteiger partial charge in [0, 0.05) is 11.6 Å². The van der Waals surface area contributed by atoms with Gasteiger partial charge in [0.15, 0.2) is 5.78 Å². The minimum Gasteiger partial charge on any atom is -0.507 e. The number of nitrogens with zero attached hydrogens (tertiary/aromatic N) is 3. The predicted octanol–water partition coefficient (Wildman–Crippen LogP) is 3.39. The van der Waals surface area contributed by atoms with E-state index in [0.717, 1.165) is 0 Å². The highest BCUT2D eigenvalue weighted by molar-refractivity contribution is 6.14. The van der Waals surface area contributed by atoms with E-state index in [2.05, 4.69) is 20.1 Å². The number of pyridine rings is 1. The fraction of sp³-hybridized carbons (Fsp3) is 0.167. The van der Waals surface area contributed by atoms with Crippen molar-refractivity contribution in [2.24, 2.45) is 0 Å². The third-order valence-electron chi connectivity index (χ3n) is 8.06. The molecule has 1 atom stereocenters. The summed E-state index contributed by atoms with van der Waals surface area (Å²) < 4.78 is 13.2. The van der Waals surface area contributed by atoms with Gasteiger partial charge < -0.3 is 19.7 Å². The lowest BCUT2D eigenvalue weighted by atomic mass is 9.71. The molecule has 0 saturated heterocycles. The van der Waals surface area contributed by atoms with Crippen LogP contribution in [0.3, 0.4) is 0 Å². The maximum atomic E-state index is 14.3. The van der Waals surface area contributed by atoms with Gasteiger partial charge in [-0.1, -0.05) is 0 Å². The average molecular weight is 566 g/mol. The molecule has 0 fully saturated rings. The van der Waals surface area contributed by atoms with Crippen molar-refractivity contribution in [3.05, 3.63) is 91.1 Å². The number of hydrogen-bond donors (Lipinski definition) is 4. The number of Topliss-reactive ketones (excluding diaryl/α,β-unsaturated/α-hetero) is 1. The molecule has 0 spiro atoms. The monoisotopic (exact) mass is 565 g/mol. The van der Waals surface area contributed by atoms with Gasteiger partial charge in [-0.05, 0) is 57.2 Å². The normalized spacial score (nSPS) is 17.0. The van der Waals surface area contributed by atoms with Crippen molar-refractivity contribution in [1.82, 2.24) is 24.7 Å². The number of nitrogens with one attached hydrogen (secondary N) is 2. The summed E-state index contributed by atoms with van der Waals surface area (Å²) in [6.45, 7) is 4.91. The molecule has 12 nitrogen and oxygen atoms in total. The standard InChI is InChI=1S/C30H23N5O7/c1-12-23(36)21(17-10-9-16-27(31-17)32-29(40)33-28(16)39)25-22(24(12)37)30(3)19(42-25)11-18-20(26(30)38)13(2)34-35(18)14-5-7-15(41-4)8-6-14/h5-11,36-37H,1-4H3,(H2,31,32,33,39,40)/t30-/m0/s1. The number of aromatic amines is 2. The molecule has 1 aliphatic carbocycles. The van der Waals surface area contributed by atoms with Crippen LogP contribution in [0.15, 0.2) is 51.7 Å². The number of aryl methyl sites for hydroxylation is 1. The Kier molecular flexibility index (Phi) is 5.08. The maximum Gasteiger partial charge on any atom is 0.327 e. The van der Waals surface area contributed by atoms with Gasteiger partial charge in [-0.2, -0.15) is 5.10 Å². The Bertz CT molecular complexity index is 2170. The van der Waals surface area contributed by atoms with E-state index in [0.29, 0.717) is 28.4 Å². The highest BCUT2D eigenvalue weighted by atomic mass is 16.5. The van der Waals surface area contributed by atoms with Gasteiger partial charge in [0.05, 0.1) is 52.0 Å². The summed E-state index contributed by atoms with van der Waals surface area (Å²) in [7, 11) is 1.57. The number of hydrogen-bond acceptors (Lipinski definition) is 9. The number of ether oxygens (including phenoxy) is 2. The largest absolute Gasteiger partial charge is 0.507 e. The van der Waals surface area contributed by atoms with Gasteiger partial charge >= 0.3 is 5.69 Å². The molecule has 0 unspecified atom stereocenters. The summed E-state index contributed by atoms with van der Waals surface area (Å²) in [6, 6.07) is 10.2. The molecule has 4 N–H and O–H groups in total. The highest BCUT2D eigenvalue weighted by Gasteiger charge is 2.55. The molecule has 2 aromatic carbocycles.